The Labute approximate surface area is 224 Å². The molecule has 0 amide bonds. The summed E-state index contributed by atoms with van der Waals surface area (Å²) in [5.41, 5.74) is 2.00. The average molecular weight is 598 g/mol. The fraction of sp³-hybridized carbons (Fsp3) is 0.462. The molecule has 0 bridgehead atoms. The van der Waals surface area contributed by atoms with Crippen molar-refractivity contribution in [1.29, 1.82) is 0 Å². The minimum absolute atomic E-state index is 0.0398. The number of ether oxygens (including phenoxy) is 2. The third kappa shape index (κ3) is 6.57. The highest BCUT2D eigenvalue weighted by atomic mass is 79.9. The Bertz CT molecular complexity index is 1240. The first-order valence-electron chi connectivity index (χ1n) is 12.2. The summed E-state index contributed by atoms with van der Waals surface area (Å²) in [5, 5.41) is 15.2. The zero-order valence-corrected chi connectivity index (χ0v) is 22.8. The Balaban J connectivity index is 1.39. The average Bonchev–Trinajstić information content (AvgIpc) is 2.90. The Morgan fingerprint density at radius 1 is 1.22 bits per heavy atom. The van der Waals surface area contributed by atoms with E-state index in [2.05, 4.69) is 27.3 Å². The summed E-state index contributed by atoms with van der Waals surface area (Å²) in [6, 6.07) is 13.2. The van der Waals surface area contributed by atoms with Crippen LogP contribution in [0.2, 0.25) is 0 Å². The molecule has 11 heteroatoms. The highest BCUT2D eigenvalue weighted by molar-refractivity contribution is 9.10. The molecular formula is C26H30BrFN2O6S. The molecule has 2 aromatic carbocycles. The number of rotatable bonds is 10. The lowest BCUT2D eigenvalue weighted by Gasteiger charge is -2.34. The van der Waals surface area contributed by atoms with E-state index >= 15 is 0 Å². The van der Waals surface area contributed by atoms with Gasteiger partial charge in [-0.2, -0.15) is 0 Å². The molecular weight excluding hydrogens is 567 g/mol. The van der Waals surface area contributed by atoms with Gasteiger partial charge in [-0.25, -0.2) is 12.8 Å². The van der Waals surface area contributed by atoms with Crippen LogP contribution in [0.15, 0.2) is 69.5 Å². The molecule has 0 fully saturated rings. The van der Waals surface area contributed by atoms with Gasteiger partial charge in [0, 0.05) is 34.0 Å². The van der Waals surface area contributed by atoms with Gasteiger partial charge in [0.15, 0.2) is 5.44 Å². The van der Waals surface area contributed by atoms with Crippen LogP contribution in [-0.4, -0.2) is 56.4 Å². The van der Waals surface area contributed by atoms with Crippen molar-refractivity contribution in [2.24, 2.45) is 0 Å². The fourth-order valence-corrected chi connectivity index (χ4v) is 6.25. The van der Waals surface area contributed by atoms with Gasteiger partial charge in [-0.05, 0) is 61.2 Å². The van der Waals surface area contributed by atoms with Crippen LogP contribution in [0.4, 0.5) is 10.1 Å². The number of nitro groups is 1. The highest BCUT2D eigenvalue weighted by Gasteiger charge is 2.38. The number of nitrogens with zero attached hydrogens (tertiary/aromatic N) is 1. The summed E-state index contributed by atoms with van der Waals surface area (Å²) in [5.74, 6) is 0. The first kappa shape index (κ1) is 27.7. The molecule has 2 aromatic rings. The van der Waals surface area contributed by atoms with Crippen LogP contribution < -0.4 is 5.32 Å². The first-order chi connectivity index (χ1) is 17.7. The lowest BCUT2D eigenvalue weighted by molar-refractivity contribution is -0.535. The van der Waals surface area contributed by atoms with Crippen LogP contribution in [0.3, 0.4) is 0 Å². The summed E-state index contributed by atoms with van der Waals surface area (Å²) in [6.07, 6.45) is 2.26. The Hall–Kier alpha value is -2.34. The van der Waals surface area contributed by atoms with E-state index in [4.69, 9.17) is 9.47 Å². The Morgan fingerprint density at radius 3 is 2.65 bits per heavy atom. The fourth-order valence-electron chi connectivity index (χ4n) is 4.78. The minimum Gasteiger partial charge on any atom is -0.378 e. The normalized spacial score (nSPS) is 23.3. The molecule has 1 aliphatic carbocycles. The maximum absolute atomic E-state index is 13.8. The second kappa shape index (κ2) is 12.0. The number of halogens is 2. The van der Waals surface area contributed by atoms with Crippen LogP contribution in [0.25, 0.3) is 0 Å². The van der Waals surface area contributed by atoms with Gasteiger partial charge in [-0.3, -0.25) is 10.1 Å². The van der Waals surface area contributed by atoms with Crippen LogP contribution in [-0.2, 0) is 25.7 Å². The summed E-state index contributed by atoms with van der Waals surface area (Å²) in [4.78, 5) is 11.4. The number of anilines is 1. The van der Waals surface area contributed by atoms with E-state index in [0.717, 1.165) is 28.6 Å². The third-order valence-electron chi connectivity index (χ3n) is 6.89. The molecule has 0 spiro atoms. The molecule has 1 N–H and O–H groups in total. The largest absolute Gasteiger partial charge is 0.378 e. The predicted molar refractivity (Wildman–Crippen MR) is 142 cm³/mol. The Kier molecular flexibility index (Phi) is 8.99. The SMILES string of the molecule is CC(OC(CF)COC1CC(C2CCc3ccccc3N2)=CCC1[N+](=O)[O-])S(=O)(=O)c1ccc(Br)cc1. The molecule has 2 aliphatic rings. The lowest BCUT2D eigenvalue weighted by Crippen LogP contribution is -2.43. The molecule has 8 nitrogen and oxygen atoms in total. The highest BCUT2D eigenvalue weighted by Crippen LogP contribution is 2.33. The maximum Gasteiger partial charge on any atom is 0.242 e. The van der Waals surface area contributed by atoms with Crippen LogP contribution >= 0.6 is 15.9 Å². The van der Waals surface area contributed by atoms with Gasteiger partial charge in [-0.15, -0.1) is 0 Å². The minimum atomic E-state index is -3.87. The second-order valence-electron chi connectivity index (χ2n) is 9.32. The smallest absolute Gasteiger partial charge is 0.242 e. The zero-order valence-electron chi connectivity index (χ0n) is 20.4. The van der Waals surface area contributed by atoms with E-state index < -0.39 is 40.2 Å². The Morgan fingerprint density at radius 2 is 1.95 bits per heavy atom. The van der Waals surface area contributed by atoms with Crippen molar-refractivity contribution in [2.45, 2.75) is 67.2 Å². The van der Waals surface area contributed by atoms with Crippen LogP contribution in [0.5, 0.6) is 0 Å². The van der Waals surface area contributed by atoms with Crippen molar-refractivity contribution in [3.05, 3.63) is 80.3 Å². The predicted octanol–water partition coefficient (Wildman–Crippen LogP) is 5.10. The summed E-state index contributed by atoms with van der Waals surface area (Å²) in [7, 11) is -3.87. The van der Waals surface area contributed by atoms with Crippen LogP contribution in [0.1, 0.15) is 31.7 Å². The summed E-state index contributed by atoms with van der Waals surface area (Å²) < 4.78 is 51.6. The molecule has 0 radical (unpaired) electrons. The summed E-state index contributed by atoms with van der Waals surface area (Å²) in [6.45, 7) is 0.0630. The number of nitrogens with one attached hydrogen (secondary N) is 1. The lowest BCUT2D eigenvalue weighted by atomic mass is 9.84. The molecule has 200 valence electrons. The van der Waals surface area contributed by atoms with Crippen molar-refractivity contribution in [3.63, 3.8) is 0 Å². The van der Waals surface area contributed by atoms with Crippen molar-refractivity contribution in [1.82, 2.24) is 0 Å². The van der Waals surface area contributed by atoms with Crippen LogP contribution in [0, 0.1) is 10.1 Å². The van der Waals surface area contributed by atoms with Gasteiger partial charge in [0.2, 0.25) is 15.9 Å². The van der Waals surface area contributed by atoms with E-state index in [0.29, 0.717) is 6.42 Å². The van der Waals surface area contributed by atoms with E-state index in [1.165, 1.54) is 24.6 Å². The quantitative estimate of drug-likeness (QED) is 0.231. The van der Waals surface area contributed by atoms with E-state index in [1.54, 1.807) is 12.1 Å². The van der Waals surface area contributed by atoms with Gasteiger partial charge >= 0.3 is 0 Å². The second-order valence-corrected chi connectivity index (χ2v) is 12.5. The van der Waals surface area contributed by atoms with Crippen molar-refractivity contribution >= 4 is 31.5 Å². The van der Waals surface area contributed by atoms with Crippen molar-refractivity contribution in [3.8, 4) is 0 Å². The van der Waals surface area contributed by atoms with Gasteiger partial charge in [0.25, 0.3) is 0 Å². The number of alkyl halides is 1. The van der Waals surface area contributed by atoms with Gasteiger partial charge < -0.3 is 14.8 Å². The zero-order chi connectivity index (χ0) is 26.6. The molecule has 5 atom stereocenters. The molecule has 1 heterocycles. The third-order valence-corrected chi connectivity index (χ3v) is 9.33. The number of sulfone groups is 1. The summed E-state index contributed by atoms with van der Waals surface area (Å²) >= 11 is 3.26. The molecule has 1 aliphatic heterocycles. The van der Waals surface area contributed by atoms with Gasteiger partial charge in [-0.1, -0.05) is 40.2 Å². The number of aryl methyl sites for hydroxylation is 1. The van der Waals surface area contributed by atoms with E-state index in [-0.39, 0.29) is 28.9 Å². The number of hydrogen-bond donors (Lipinski definition) is 1. The molecule has 4 rings (SSSR count). The standard InChI is InChI=1S/C26H30BrFN2O6S/c1-17(37(33,34)22-10-8-20(27)9-11-22)36-21(15-28)16-35-26-14-19(7-13-25(26)30(31)32)24-12-6-18-4-2-3-5-23(18)29-24/h2-5,7-11,17,21,24-26,29H,6,12-16H2,1H3. The number of fused-ring (bicyclic) bond motifs is 1. The van der Waals surface area contributed by atoms with Crippen molar-refractivity contribution < 1.29 is 27.2 Å². The number of para-hydroxylation sites is 1. The molecule has 37 heavy (non-hydrogen) atoms. The first-order valence-corrected chi connectivity index (χ1v) is 14.5. The van der Waals surface area contributed by atoms with Crippen molar-refractivity contribution in [2.75, 3.05) is 18.6 Å². The molecule has 5 unspecified atom stereocenters. The number of benzene rings is 2. The molecule has 0 saturated heterocycles. The maximum atomic E-state index is 13.8. The number of hydrogen-bond acceptors (Lipinski definition) is 7. The molecule has 0 aromatic heterocycles. The van der Waals surface area contributed by atoms with Gasteiger partial charge in [0.1, 0.15) is 18.9 Å². The van der Waals surface area contributed by atoms with E-state index in [1.807, 2.05) is 24.3 Å². The monoisotopic (exact) mass is 596 g/mol. The topological polar surface area (TPSA) is 108 Å². The van der Waals surface area contributed by atoms with E-state index in [9.17, 15) is 22.9 Å². The van der Waals surface area contributed by atoms with Gasteiger partial charge in [0.05, 0.1) is 11.5 Å². The molecule has 0 saturated carbocycles.